The van der Waals surface area contributed by atoms with Gasteiger partial charge >= 0.3 is 0 Å². The monoisotopic (exact) mass is 273 g/mol. The Morgan fingerprint density at radius 3 is 2.95 bits per heavy atom. The van der Waals surface area contributed by atoms with Gasteiger partial charge in [-0.1, -0.05) is 0 Å². The molecule has 2 aromatic heterocycles. The minimum atomic E-state index is -0.0914. The molecule has 2 aromatic rings. The number of aryl methyl sites for hydroxylation is 2. The van der Waals surface area contributed by atoms with E-state index in [1.54, 1.807) is 24.0 Å². The maximum absolute atomic E-state index is 12.0. The Labute approximate surface area is 117 Å². The normalized spacial score (nSPS) is 14.5. The molecule has 6 nitrogen and oxygen atoms in total. The second-order valence-electron chi connectivity index (χ2n) is 5.26. The fourth-order valence-corrected chi connectivity index (χ4v) is 2.49. The number of aromatic nitrogens is 4. The summed E-state index contributed by atoms with van der Waals surface area (Å²) in [6.45, 7) is 2.68. The Hall–Kier alpha value is -2.11. The van der Waals surface area contributed by atoms with Crippen LogP contribution in [0.2, 0.25) is 0 Å². The molecule has 1 saturated carbocycles. The molecule has 0 bridgehead atoms. The first-order valence-corrected chi connectivity index (χ1v) is 6.95. The van der Waals surface area contributed by atoms with Crippen molar-refractivity contribution in [2.24, 2.45) is 7.05 Å². The highest BCUT2D eigenvalue weighted by Crippen LogP contribution is 2.36. The van der Waals surface area contributed by atoms with Crippen molar-refractivity contribution in [1.82, 2.24) is 24.6 Å². The van der Waals surface area contributed by atoms with E-state index in [1.807, 2.05) is 6.20 Å². The van der Waals surface area contributed by atoms with E-state index in [0.29, 0.717) is 18.3 Å². The molecule has 6 heteroatoms. The number of amides is 1. The average Bonchev–Trinajstić information content (AvgIpc) is 3.06. The van der Waals surface area contributed by atoms with Gasteiger partial charge in [-0.05, 0) is 25.8 Å². The summed E-state index contributed by atoms with van der Waals surface area (Å²) in [6, 6.07) is 2.34. The zero-order valence-electron chi connectivity index (χ0n) is 11.8. The maximum Gasteiger partial charge on any atom is 0.269 e. The van der Waals surface area contributed by atoms with Gasteiger partial charge in [0.05, 0.1) is 0 Å². The number of hydrogen-bond acceptors (Lipinski definition) is 3. The first kappa shape index (κ1) is 12.9. The van der Waals surface area contributed by atoms with Gasteiger partial charge in [-0.25, -0.2) is 4.98 Å². The van der Waals surface area contributed by atoms with Crippen LogP contribution < -0.4 is 5.32 Å². The molecular formula is C14H19N5O. The molecule has 0 aromatic carbocycles. The fourth-order valence-electron chi connectivity index (χ4n) is 2.49. The molecular weight excluding hydrogens is 254 g/mol. The van der Waals surface area contributed by atoms with Crippen LogP contribution in [0.25, 0.3) is 0 Å². The number of nitrogens with one attached hydrogen (secondary N) is 1. The van der Waals surface area contributed by atoms with Gasteiger partial charge in [0, 0.05) is 44.1 Å². The highest BCUT2D eigenvalue weighted by atomic mass is 16.2. The third-order valence-corrected chi connectivity index (χ3v) is 3.66. The van der Waals surface area contributed by atoms with Crippen molar-refractivity contribution in [3.05, 3.63) is 35.7 Å². The lowest BCUT2D eigenvalue weighted by molar-refractivity contribution is 0.0944. The molecule has 1 aliphatic carbocycles. The summed E-state index contributed by atoms with van der Waals surface area (Å²) in [5.41, 5.74) is 1.78. The average molecular weight is 273 g/mol. The number of carbonyl (C=O) groups excluding carboxylic acids is 1. The topological polar surface area (TPSA) is 64.7 Å². The Morgan fingerprint density at radius 1 is 1.50 bits per heavy atom. The van der Waals surface area contributed by atoms with Gasteiger partial charge in [0.15, 0.2) is 0 Å². The first-order chi connectivity index (χ1) is 9.66. The van der Waals surface area contributed by atoms with Gasteiger partial charge < -0.3 is 9.88 Å². The van der Waals surface area contributed by atoms with Crippen LogP contribution in [0.1, 0.15) is 40.9 Å². The van der Waals surface area contributed by atoms with Crippen LogP contribution in [0.3, 0.4) is 0 Å². The quantitative estimate of drug-likeness (QED) is 0.891. The first-order valence-electron chi connectivity index (χ1n) is 6.95. The highest BCUT2D eigenvalue weighted by molar-refractivity contribution is 5.92. The van der Waals surface area contributed by atoms with E-state index in [9.17, 15) is 4.79 Å². The lowest BCUT2D eigenvalue weighted by atomic mass is 10.3. The largest absolute Gasteiger partial charge is 0.350 e. The van der Waals surface area contributed by atoms with E-state index in [4.69, 9.17) is 0 Å². The Morgan fingerprint density at radius 2 is 2.30 bits per heavy atom. The van der Waals surface area contributed by atoms with Crippen LogP contribution in [-0.2, 0) is 13.5 Å². The molecule has 0 radical (unpaired) electrons. The van der Waals surface area contributed by atoms with E-state index in [1.165, 1.54) is 18.5 Å². The zero-order valence-corrected chi connectivity index (χ0v) is 11.8. The Balaban J connectivity index is 1.58. The Bertz CT molecular complexity index is 623. The molecule has 1 amide bonds. The summed E-state index contributed by atoms with van der Waals surface area (Å²) in [5.74, 6) is 0.974. The standard InChI is InChI=1S/C14H19N5O/c1-10-9-16-13(19(10)11-3-4-11)6-7-15-14(20)12-5-8-17-18(12)2/h5,8-9,11H,3-4,6-7H2,1-2H3,(H,15,20). The van der Waals surface area contributed by atoms with Crippen molar-refractivity contribution in [1.29, 1.82) is 0 Å². The lowest BCUT2D eigenvalue weighted by Crippen LogP contribution is -2.28. The summed E-state index contributed by atoms with van der Waals surface area (Å²) in [7, 11) is 1.76. The molecule has 1 N–H and O–H groups in total. The van der Waals surface area contributed by atoms with Crippen LogP contribution in [0.15, 0.2) is 18.5 Å². The van der Waals surface area contributed by atoms with Gasteiger partial charge in [0.2, 0.25) is 0 Å². The van der Waals surface area contributed by atoms with E-state index in [0.717, 1.165) is 12.2 Å². The molecule has 2 heterocycles. The second-order valence-corrected chi connectivity index (χ2v) is 5.26. The minimum Gasteiger partial charge on any atom is -0.350 e. The molecule has 1 fully saturated rings. The van der Waals surface area contributed by atoms with Gasteiger partial charge in [-0.3, -0.25) is 9.48 Å². The molecule has 3 rings (SSSR count). The van der Waals surface area contributed by atoms with Gasteiger partial charge in [-0.15, -0.1) is 0 Å². The number of rotatable bonds is 5. The van der Waals surface area contributed by atoms with E-state index >= 15 is 0 Å². The summed E-state index contributed by atoms with van der Waals surface area (Å²) < 4.78 is 3.88. The molecule has 106 valence electrons. The second kappa shape index (κ2) is 5.11. The van der Waals surface area contributed by atoms with Crippen LogP contribution in [0.5, 0.6) is 0 Å². The zero-order chi connectivity index (χ0) is 14.1. The van der Waals surface area contributed by atoms with Crippen LogP contribution in [0.4, 0.5) is 0 Å². The minimum absolute atomic E-state index is 0.0914. The van der Waals surface area contributed by atoms with Gasteiger partial charge in [-0.2, -0.15) is 5.10 Å². The summed E-state index contributed by atoms with van der Waals surface area (Å²) in [4.78, 5) is 16.4. The van der Waals surface area contributed by atoms with Crippen LogP contribution >= 0.6 is 0 Å². The van der Waals surface area contributed by atoms with Crippen molar-refractivity contribution in [3.63, 3.8) is 0 Å². The molecule has 0 atom stereocenters. The smallest absolute Gasteiger partial charge is 0.269 e. The number of hydrogen-bond donors (Lipinski definition) is 1. The molecule has 0 spiro atoms. The van der Waals surface area contributed by atoms with Crippen molar-refractivity contribution in [2.75, 3.05) is 6.54 Å². The van der Waals surface area contributed by atoms with Crippen molar-refractivity contribution in [3.8, 4) is 0 Å². The van der Waals surface area contributed by atoms with E-state index < -0.39 is 0 Å². The third-order valence-electron chi connectivity index (χ3n) is 3.66. The van der Waals surface area contributed by atoms with Gasteiger partial charge in [0.1, 0.15) is 11.5 Å². The molecule has 0 unspecified atom stereocenters. The number of carbonyl (C=O) groups is 1. The predicted molar refractivity (Wildman–Crippen MR) is 74.5 cm³/mol. The van der Waals surface area contributed by atoms with Gasteiger partial charge in [0.25, 0.3) is 5.91 Å². The van der Waals surface area contributed by atoms with Crippen molar-refractivity contribution >= 4 is 5.91 Å². The summed E-state index contributed by atoms with van der Waals surface area (Å²) >= 11 is 0. The van der Waals surface area contributed by atoms with Crippen molar-refractivity contribution in [2.45, 2.75) is 32.2 Å². The predicted octanol–water partition coefficient (Wildman–Crippen LogP) is 1.23. The van der Waals surface area contributed by atoms with E-state index in [-0.39, 0.29) is 5.91 Å². The number of nitrogens with zero attached hydrogens (tertiary/aromatic N) is 4. The van der Waals surface area contributed by atoms with Crippen LogP contribution in [-0.4, -0.2) is 31.8 Å². The summed E-state index contributed by atoms with van der Waals surface area (Å²) in [5, 5.41) is 6.91. The molecule has 0 saturated heterocycles. The Kier molecular flexibility index (Phi) is 3.30. The van der Waals surface area contributed by atoms with E-state index in [2.05, 4.69) is 26.9 Å². The summed E-state index contributed by atoms with van der Waals surface area (Å²) in [6.07, 6.45) is 6.78. The molecule has 1 aliphatic rings. The molecule has 20 heavy (non-hydrogen) atoms. The maximum atomic E-state index is 12.0. The lowest BCUT2D eigenvalue weighted by Gasteiger charge is -2.09. The third kappa shape index (κ3) is 2.45. The number of imidazole rings is 1. The highest BCUT2D eigenvalue weighted by Gasteiger charge is 2.27. The van der Waals surface area contributed by atoms with Crippen molar-refractivity contribution < 1.29 is 4.79 Å². The SMILES string of the molecule is Cc1cnc(CCNC(=O)c2ccnn2C)n1C1CC1. The molecule has 0 aliphatic heterocycles. The fraction of sp³-hybridized carbons (Fsp3) is 0.500. The van der Waals surface area contributed by atoms with Crippen LogP contribution in [0, 0.1) is 6.92 Å².